The summed E-state index contributed by atoms with van der Waals surface area (Å²) in [5.74, 6) is -0.105. The lowest BCUT2D eigenvalue weighted by Gasteiger charge is -2.35. The van der Waals surface area contributed by atoms with Gasteiger partial charge < -0.3 is 10.0 Å². The van der Waals surface area contributed by atoms with Crippen LogP contribution in [0.5, 0.6) is 0 Å². The van der Waals surface area contributed by atoms with Crippen molar-refractivity contribution in [1.82, 2.24) is 9.88 Å². The Morgan fingerprint density at radius 2 is 2.29 bits per heavy atom. The van der Waals surface area contributed by atoms with Crippen molar-refractivity contribution in [2.24, 2.45) is 0 Å². The average Bonchev–Trinajstić information content (AvgIpc) is 2.13. The molecule has 0 bridgehead atoms. The zero-order valence-electron chi connectivity index (χ0n) is 7.35. The second kappa shape index (κ2) is 3.82. The van der Waals surface area contributed by atoms with E-state index in [0.29, 0.717) is 18.8 Å². The Labute approximate surface area is 95.1 Å². The first-order valence-electron chi connectivity index (χ1n) is 4.26. The predicted octanol–water partition coefficient (Wildman–Crippen LogP) is 0.503. The van der Waals surface area contributed by atoms with Crippen LogP contribution in [-0.2, 0) is 0 Å². The Morgan fingerprint density at radius 1 is 1.57 bits per heavy atom. The number of nitrogens with zero attached hydrogens (tertiary/aromatic N) is 2. The molecular weight excluding hydrogens is 295 g/mol. The van der Waals surface area contributed by atoms with Gasteiger partial charge >= 0.3 is 0 Å². The Kier molecular flexibility index (Phi) is 2.69. The van der Waals surface area contributed by atoms with E-state index in [1.165, 1.54) is 0 Å². The number of amides is 1. The molecule has 4 nitrogen and oxygen atoms in total. The Morgan fingerprint density at radius 3 is 2.79 bits per heavy atom. The average molecular weight is 304 g/mol. The predicted molar refractivity (Wildman–Crippen MR) is 58.9 cm³/mol. The molecule has 0 unspecified atom stereocenters. The lowest BCUT2D eigenvalue weighted by Crippen LogP contribution is -2.53. The zero-order chi connectivity index (χ0) is 10.1. The van der Waals surface area contributed by atoms with Gasteiger partial charge in [-0.15, -0.1) is 0 Å². The van der Waals surface area contributed by atoms with Crippen molar-refractivity contribution in [3.05, 3.63) is 27.6 Å². The summed E-state index contributed by atoms with van der Waals surface area (Å²) in [5, 5.41) is 9.04. The molecule has 0 saturated carbocycles. The maximum Gasteiger partial charge on any atom is 0.272 e. The summed E-state index contributed by atoms with van der Waals surface area (Å²) in [6, 6.07) is 3.55. The molecule has 1 saturated heterocycles. The van der Waals surface area contributed by atoms with Crippen LogP contribution in [0.2, 0.25) is 0 Å². The van der Waals surface area contributed by atoms with Crippen molar-refractivity contribution in [3.8, 4) is 0 Å². The van der Waals surface area contributed by atoms with E-state index in [-0.39, 0.29) is 12.0 Å². The van der Waals surface area contributed by atoms with Gasteiger partial charge in [-0.2, -0.15) is 0 Å². The number of rotatable bonds is 1. The van der Waals surface area contributed by atoms with Crippen molar-refractivity contribution < 1.29 is 9.90 Å². The van der Waals surface area contributed by atoms with E-state index in [4.69, 9.17) is 5.11 Å². The summed E-state index contributed by atoms with van der Waals surface area (Å²) in [4.78, 5) is 17.2. The first kappa shape index (κ1) is 9.85. The van der Waals surface area contributed by atoms with Crippen LogP contribution in [0.4, 0.5) is 0 Å². The van der Waals surface area contributed by atoms with Gasteiger partial charge in [0.2, 0.25) is 0 Å². The number of carbonyl (C=O) groups excluding carboxylic acids is 1. The van der Waals surface area contributed by atoms with E-state index in [1.807, 2.05) is 6.07 Å². The first-order valence-corrected chi connectivity index (χ1v) is 5.33. The maximum absolute atomic E-state index is 11.6. The molecule has 1 aromatic heterocycles. The fourth-order valence-electron chi connectivity index (χ4n) is 1.29. The zero-order valence-corrected chi connectivity index (χ0v) is 9.51. The van der Waals surface area contributed by atoms with Crippen molar-refractivity contribution in [2.75, 3.05) is 13.1 Å². The maximum atomic E-state index is 11.6. The van der Waals surface area contributed by atoms with Crippen molar-refractivity contribution in [3.63, 3.8) is 0 Å². The molecule has 1 aromatic rings. The van der Waals surface area contributed by atoms with Crippen LogP contribution in [0.3, 0.4) is 0 Å². The number of β-amino-alcohol motifs (C(OH)–C–C–N with tert-alkyl or cyclic N) is 1. The molecule has 1 aliphatic heterocycles. The summed E-state index contributed by atoms with van der Waals surface area (Å²) in [5.41, 5.74) is 0.442. The minimum absolute atomic E-state index is 0.105. The molecule has 1 amide bonds. The van der Waals surface area contributed by atoms with Gasteiger partial charge in [0.25, 0.3) is 5.91 Å². The summed E-state index contributed by atoms with van der Waals surface area (Å²) in [7, 11) is 0. The molecule has 2 rings (SSSR count). The Balaban J connectivity index is 2.08. The highest BCUT2D eigenvalue weighted by molar-refractivity contribution is 14.1. The summed E-state index contributed by atoms with van der Waals surface area (Å²) >= 11 is 2.14. The molecule has 0 atom stereocenters. The number of pyridine rings is 1. The standard InChI is InChI=1S/C9H9IN2O2/c10-6-1-2-8(11-3-6)9(14)12-4-7(13)5-12/h1-3,7,13H,4-5H2. The van der Waals surface area contributed by atoms with E-state index >= 15 is 0 Å². The third-order valence-electron chi connectivity index (χ3n) is 2.10. The molecule has 74 valence electrons. The van der Waals surface area contributed by atoms with Gasteiger partial charge in [-0.05, 0) is 34.7 Å². The van der Waals surface area contributed by atoms with Crippen LogP contribution in [0.25, 0.3) is 0 Å². The van der Waals surface area contributed by atoms with Crippen LogP contribution in [0, 0.1) is 3.57 Å². The molecule has 1 N–H and O–H groups in total. The Bertz CT molecular complexity index is 346. The summed E-state index contributed by atoms with van der Waals surface area (Å²) in [6.45, 7) is 0.846. The number of aromatic nitrogens is 1. The van der Waals surface area contributed by atoms with E-state index in [1.54, 1.807) is 17.2 Å². The monoisotopic (exact) mass is 304 g/mol. The second-order valence-electron chi connectivity index (χ2n) is 3.23. The number of hydrogen-bond acceptors (Lipinski definition) is 3. The van der Waals surface area contributed by atoms with Gasteiger partial charge in [-0.3, -0.25) is 4.79 Å². The highest BCUT2D eigenvalue weighted by atomic mass is 127. The lowest BCUT2D eigenvalue weighted by atomic mass is 10.1. The van der Waals surface area contributed by atoms with Crippen LogP contribution in [0.15, 0.2) is 18.3 Å². The molecule has 0 spiro atoms. The van der Waals surface area contributed by atoms with Gasteiger partial charge in [0.15, 0.2) is 0 Å². The van der Waals surface area contributed by atoms with Crippen LogP contribution >= 0.6 is 22.6 Å². The van der Waals surface area contributed by atoms with Gasteiger partial charge in [0.05, 0.1) is 6.10 Å². The molecule has 1 fully saturated rings. The van der Waals surface area contributed by atoms with Crippen molar-refractivity contribution in [1.29, 1.82) is 0 Å². The van der Waals surface area contributed by atoms with E-state index in [2.05, 4.69) is 27.6 Å². The third-order valence-corrected chi connectivity index (χ3v) is 2.73. The fourth-order valence-corrected chi connectivity index (χ4v) is 1.60. The van der Waals surface area contributed by atoms with E-state index in [9.17, 15) is 4.79 Å². The minimum atomic E-state index is -0.359. The third kappa shape index (κ3) is 1.88. The summed E-state index contributed by atoms with van der Waals surface area (Å²) < 4.78 is 1.00. The quantitative estimate of drug-likeness (QED) is 0.769. The fraction of sp³-hybridized carbons (Fsp3) is 0.333. The number of aliphatic hydroxyl groups excluding tert-OH is 1. The van der Waals surface area contributed by atoms with Crippen LogP contribution in [0.1, 0.15) is 10.5 Å². The minimum Gasteiger partial charge on any atom is -0.389 e. The molecule has 0 aromatic carbocycles. The van der Waals surface area contributed by atoms with Gasteiger partial charge in [0, 0.05) is 22.9 Å². The number of carbonyl (C=O) groups is 1. The smallest absolute Gasteiger partial charge is 0.272 e. The summed E-state index contributed by atoms with van der Waals surface area (Å²) in [6.07, 6.45) is 1.30. The molecule has 2 heterocycles. The van der Waals surface area contributed by atoms with Gasteiger partial charge in [0.1, 0.15) is 5.69 Å². The largest absolute Gasteiger partial charge is 0.389 e. The van der Waals surface area contributed by atoms with Crippen LogP contribution < -0.4 is 0 Å². The topological polar surface area (TPSA) is 53.4 Å². The van der Waals surface area contributed by atoms with Gasteiger partial charge in [-0.1, -0.05) is 0 Å². The van der Waals surface area contributed by atoms with Crippen LogP contribution in [-0.4, -0.2) is 40.1 Å². The van der Waals surface area contributed by atoms with E-state index in [0.717, 1.165) is 3.57 Å². The first-order chi connectivity index (χ1) is 6.66. The number of aliphatic hydroxyl groups is 1. The lowest BCUT2D eigenvalue weighted by molar-refractivity contribution is 0.00550. The van der Waals surface area contributed by atoms with Crippen molar-refractivity contribution >= 4 is 28.5 Å². The SMILES string of the molecule is O=C(c1ccc(I)cn1)N1CC(O)C1. The van der Waals surface area contributed by atoms with Crippen molar-refractivity contribution in [2.45, 2.75) is 6.10 Å². The number of halogens is 1. The molecular formula is C9H9IN2O2. The molecule has 0 radical (unpaired) electrons. The molecule has 1 aliphatic rings. The molecule has 0 aliphatic carbocycles. The Hall–Kier alpha value is -0.690. The highest BCUT2D eigenvalue weighted by Gasteiger charge is 2.29. The molecule has 5 heteroatoms. The van der Waals surface area contributed by atoms with E-state index < -0.39 is 0 Å². The normalized spacial score (nSPS) is 16.6. The highest BCUT2D eigenvalue weighted by Crippen LogP contribution is 2.12. The second-order valence-corrected chi connectivity index (χ2v) is 4.47. The number of likely N-dealkylation sites (tertiary alicyclic amines) is 1. The molecule has 14 heavy (non-hydrogen) atoms. The van der Waals surface area contributed by atoms with Gasteiger partial charge in [-0.25, -0.2) is 4.98 Å². The number of hydrogen-bond donors (Lipinski definition) is 1.